The second-order valence-electron chi connectivity index (χ2n) is 5.83. The van der Waals surface area contributed by atoms with Gasteiger partial charge in [-0.1, -0.05) is 37.8 Å². The predicted molar refractivity (Wildman–Crippen MR) is 71.7 cm³/mol. The summed E-state index contributed by atoms with van der Waals surface area (Å²) in [5, 5.41) is 3.71. The van der Waals surface area contributed by atoms with Crippen molar-refractivity contribution >= 4 is 0 Å². The third kappa shape index (κ3) is 1.78. The summed E-state index contributed by atoms with van der Waals surface area (Å²) in [6.07, 6.45) is 6.16. The summed E-state index contributed by atoms with van der Waals surface area (Å²) in [7, 11) is 0. The molecule has 1 aromatic carbocycles. The van der Waals surface area contributed by atoms with E-state index in [1.165, 1.54) is 42.5 Å². The Balaban J connectivity index is 2.02. The Morgan fingerprint density at radius 3 is 2.71 bits per heavy atom. The first-order valence-electron chi connectivity index (χ1n) is 6.74. The number of nitrogens with one attached hydrogen (secondary N) is 1. The maximum atomic E-state index is 4.17. The quantitative estimate of drug-likeness (QED) is 0.711. The van der Waals surface area contributed by atoms with Gasteiger partial charge in [0.05, 0.1) is 5.54 Å². The van der Waals surface area contributed by atoms with Crippen LogP contribution in [-0.4, -0.2) is 0 Å². The van der Waals surface area contributed by atoms with Gasteiger partial charge in [0.15, 0.2) is 0 Å². The van der Waals surface area contributed by atoms with E-state index in [9.17, 15) is 0 Å². The third-order valence-electron chi connectivity index (χ3n) is 4.48. The molecule has 3 rings (SSSR count). The van der Waals surface area contributed by atoms with Crippen molar-refractivity contribution in [1.29, 1.82) is 0 Å². The van der Waals surface area contributed by atoms with Crippen molar-refractivity contribution in [3.05, 3.63) is 47.7 Å². The summed E-state index contributed by atoms with van der Waals surface area (Å²) in [5.41, 5.74) is 4.39. The van der Waals surface area contributed by atoms with E-state index in [2.05, 4.69) is 43.1 Å². The van der Waals surface area contributed by atoms with Gasteiger partial charge >= 0.3 is 0 Å². The van der Waals surface area contributed by atoms with Crippen molar-refractivity contribution in [2.24, 2.45) is 5.92 Å². The molecule has 0 saturated heterocycles. The molecule has 0 aromatic heterocycles. The summed E-state index contributed by atoms with van der Waals surface area (Å²) < 4.78 is 0. The molecule has 1 fully saturated rings. The van der Waals surface area contributed by atoms with Crippen LogP contribution in [-0.2, 0) is 12.0 Å². The van der Waals surface area contributed by atoms with Gasteiger partial charge in [0, 0.05) is 12.1 Å². The van der Waals surface area contributed by atoms with Crippen LogP contribution in [0.3, 0.4) is 0 Å². The highest BCUT2D eigenvalue weighted by Gasteiger charge is 2.39. The van der Waals surface area contributed by atoms with Crippen LogP contribution in [0.15, 0.2) is 36.5 Å². The van der Waals surface area contributed by atoms with Crippen molar-refractivity contribution in [2.45, 2.75) is 44.6 Å². The highest BCUT2D eigenvalue weighted by atomic mass is 15.0. The lowest BCUT2D eigenvalue weighted by Crippen LogP contribution is -2.48. The second-order valence-corrected chi connectivity index (χ2v) is 5.83. The average molecular weight is 227 g/mol. The Labute approximate surface area is 104 Å². The lowest BCUT2D eigenvalue weighted by molar-refractivity contribution is 0.203. The van der Waals surface area contributed by atoms with Crippen molar-refractivity contribution in [1.82, 2.24) is 5.32 Å². The predicted octanol–water partition coefficient (Wildman–Crippen LogP) is 3.75. The molecule has 0 amide bonds. The van der Waals surface area contributed by atoms with Crippen molar-refractivity contribution in [3.63, 3.8) is 0 Å². The lowest BCUT2D eigenvalue weighted by Gasteiger charge is -2.45. The topological polar surface area (TPSA) is 12.0 Å². The molecule has 1 saturated carbocycles. The van der Waals surface area contributed by atoms with E-state index in [1.54, 1.807) is 0 Å². The first-order valence-corrected chi connectivity index (χ1v) is 6.74. The monoisotopic (exact) mass is 227 g/mol. The van der Waals surface area contributed by atoms with Gasteiger partial charge in [-0.15, -0.1) is 0 Å². The molecule has 1 N–H and O–H groups in total. The normalized spacial score (nSPS) is 32.1. The Hall–Kier alpha value is -1.24. The molecule has 17 heavy (non-hydrogen) atoms. The SMILES string of the molecule is C=C1Cc2ccccc2C2(CCC(C)CC2)N1. The first-order chi connectivity index (χ1) is 8.20. The molecule has 1 heteroatoms. The molecule has 1 heterocycles. The molecule has 1 aliphatic carbocycles. The fourth-order valence-electron chi connectivity index (χ4n) is 3.47. The summed E-state index contributed by atoms with van der Waals surface area (Å²) in [6.45, 7) is 6.54. The fraction of sp³-hybridized carbons (Fsp3) is 0.500. The Kier molecular flexibility index (Phi) is 2.50. The Morgan fingerprint density at radius 1 is 1.24 bits per heavy atom. The van der Waals surface area contributed by atoms with Crippen LogP contribution >= 0.6 is 0 Å². The van der Waals surface area contributed by atoms with E-state index >= 15 is 0 Å². The average Bonchev–Trinajstić information content (AvgIpc) is 2.33. The van der Waals surface area contributed by atoms with Crippen LogP contribution in [0, 0.1) is 5.92 Å². The van der Waals surface area contributed by atoms with Crippen molar-refractivity contribution in [2.75, 3.05) is 0 Å². The van der Waals surface area contributed by atoms with Crippen LogP contribution in [0.5, 0.6) is 0 Å². The maximum Gasteiger partial charge on any atom is 0.0625 e. The smallest absolute Gasteiger partial charge is 0.0625 e. The zero-order chi connectivity index (χ0) is 11.9. The van der Waals surface area contributed by atoms with Gasteiger partial charge in [0.25, 0.3) is 0 Å². The minimum atomic E-state index is 0.193. The van der Waals surface area contributed by atoms with Crippen LogP contribution in [0.4, 0.5) is 0 Å². The molecule has 0 unspecified atom stereocenters. The lowest BCUT2D eigenvalue weighted by atomic mass is 9.70. The van der Waals surface area contributed by atoms with Gasteiger partial charge in [-0.3, -0.25) is 0 Å². The van der Waals surface area contributed by atoms with E-state index in [0.717, 1.165) is 12.3 Å². The molecule has 1 aliphatic heterocycles. The standard InChI is InChI=1S/C16H21N/c1-12-7-9-16(10-8-12)15-6-4-3-5-14(15)11-13(2)17-16/h3-6,12,17H,2,7-11H2,1H3. The van der Waals surface area contributed by atoms with Gasteiger partial charge in [0.2, 0.25) is 0 Å². The van der Waals surface area contributed by atoms with Gasteiger partial charge in [-0.05, 0) is 42.7 Å². The van der Waals surface area contributed by atoms with Gasteiger partial charge in [0.1, 0.15) is 0 Å². The van der Waals surface area contributed by atoms with Crippen molar-refractivity contribution in [3.8, 4) is 0 Å². The largest absolute Gasteiger partial charge is 0.379 e. The van der Waals surface area contributed by atoms with E-state index in [4.69, 9.17) is 0 Å². The molecule has 1 nitrogen and oxygen atoms in total. The van der Waals surface area contributed by atoms with Crippen LogP contribution in [0.2, 0.25) is 0 Å². The molecule has 2 aliphatic rings. The number of hydrogen-bond donors (Lipinski definition) is 1. The van der Waals surface area contributed by atoms with Crippen LogP contribution in [0.1, 0.15) is 43.7 Å². The zero-order valence-electron chi connectivity index (χ0n) is 10.6. The summed E-state index contributed by atoms with van der Waals surface area (Å²) >= 11 is 0. The molecule has 0 radical (unpaired) electrons. The minimum Gasteiger partial charge on any atom is -0.379 e. The van der Waals surface area contributed by atoms with Crippen LogP contribution < -0.4 is 5.32 Å². The minimum absolute atomic E-state index is 0.193. The van der Waals surface area contributed by atoms with E-state index < -0.39 is 0 Å². The third-order valence-corrected chi connectivity index (χ3v) is 4.48. The fourth-order valence-corrected chi connectivity index (χ4v) is 3.47. The number of benzene rings is 1. The van der Waals surface area contributed by atoms with Gasteiger partial charge < -0.3 is 5.32 Å². The van der Waals surface area contributed by atoms with Crippen LogP contribution in [0.25, 0.3) is 0 Å². The number of fused-ring (bicyclic) bond motifs is 2. The number of allylic oxidation sites excluding steroid dienone is 1. The molecular weight excluding hydrogens is 206 g/mol. The number of rotatable bonds is 0. The maximum absolute atomic E-state index is 4.17. The molecule has 90 valence electrons. The molecule has 0 bridgehead atoms. The molecule has 1 aromatic rings. The summed E-state index contributed by atoms with van der Waals surface area (Å²) in [4.78, 5) is 0. The number of hydrogen-bond acceptors (Lipinski definition) is 1. The summed E-state index contributed by atoms with van der Waals surface area (Å²) in [6, 6.07) is 8.90. The highest BCUT2D eigenvalue weighted by Crippen LogP contribution is 2.43. The first kappa shape index (κ1) is 10.9. The highest BCUT2D eigenvalue weighted by molar-refractivity contribution is 5.40. The van der Waals surface area contributed by atoms with Gasteiger partial charge in [-0.2, -0.15) is 0 Å². The second kappa shape index (κ2) is 3.90. The van der Waals surface area contributed by atoms with E-state index in [-0.39, 0.29) is 5.54 Å². The molecule has 1 spiro atoms. The van der Waals surface area contributed by atoms with Crippen molar-refractivity contribution < 1.29 is 0 Å². The van der Waals surface area contributed by atoms with E-state index in [0.29, 0.717) is 0 Å². The Morgan fingerprint density at radius 2 is 1.94 bits per heavy atom. The molecular formula is C16H21N. The molecule has 0 atom stereocenters. The summed E-state index contributed by atoms with van der Waals surface area (Å²) in [5.74, 6) is 0.879. The van der Waals surface area contributed by atoms with Gasteiger partial charge in [-0.25, -0.2) is 0 Å². The zero-order valence-corrected chi connectivity index (χ0v) is 10.6. The Bertz CT molecular complexity index is 439. The van der Waals surface area contributed by atoms with E-state index in [1.807, 2.05) is 0 Å².